The molecule has 0 aromatic heterocycles. The Hall–Kier alpha value is -2.04. The van der Waals surface area contributed by atoms with Gasteiger partial charge in [0.1, 0.15) is 12.4 Å². The summed E-state index contributed by atoms with van der Waals surface area (Å²) in [4.78, 5) is 14.4. The van der Waals surface area contributed by atoms with Crippen LogP contribution in [0.25, 0.3) is 0 Å². The van der Waals surface area contributed by atoms with E-state index in [1.54, 1.807) is 12.1 Å². The minimum atomic E-state index is -0.0183. The van der Waals surface area contributed by atoms with Gasteiger partial charge in [-0.05, 0) is 55.3 Å². The number of benzene rings is 2. The lowest BCUT2D eigenvalue weighted by atomic mass is 9.98. The van der Waals surface area contributed by atoms with Crippen LogP contribution in [0.3, 0.4) is 0 Å². The van der Waals surface area contributed by atoms with Crippen LogP contribution in [0.4, 0.5) is 5.69 Å². The van der Waals surface area contributed by atoms with Gasteiger partial charge in [0.2, 0.25) is 5.91 Å². The molecule has 140 valence electrons. The van der Waals surface area contributed by atoms with E-state index in [0.29, 0.717) is 30.6 Å². The number of amides is 1. The number of hydrogen-bond donors (Lipinski definition) is 1. The molecule has 0 spiro atoms. The van der Waals surface area contributed by atoms with Crippen molar-refractivity contribution >= 4 is 23.2 Å². The zero-order valence-electron chi connectivity index (χ0n) is 15.9. The number of hydrogen-bond acceptors (Lipinski definition) is 3. The number of para-hydroxylation sites is 1. The summed E-state index contributed by atoms with van der Waals surface area (Å²) >= 11 is 5.85. The quantitative estimate of drug-likeness (QED) is 0.726. The summed E-state index contributed by atoms with van der Waals surface area (Å²) in [5.41, 5.74) is 3.17. The number of likely N-dealkylation sites (N-methyl/N-ethyl adjacent to an activating group) is 1. The van der Waals surface area contributed by atoms with E-state index in [1.165, 1.54) is 0 Å². The van der Waals surface area contributed by atoms with Gasteiger partial charge < -0.3 is 10.1 Å². The van der Waals surface area contributed by atoms with Crippen LogP contribution in [0.1, 0.15) is 30.9 Å². The van der Waals surface area contributed by atoms with Crippen molar-refractivity contribution in [1.29, 1.82) is 0 Å². The van der Waals surface area contributed by atoms with Gasteiger partial charge in [-0.15, -0.1) is 0 Å². The van der Waals surface area contributed by atoms with E-state index < -0.39 is 0 Å². The molecule has 0 atom stereocenters. The molecule has 1 amide bonds. The second-order valence-electron chi connectivity index (χ2n) is 6.78. The van der Waals surface area contributed by atoms with Gasteiger partial charge >= 0.3 is 0 Å². The molecule has 0 bridgehead atoms. The van der Waals surface area contributed by atoms with Gasteiger partial charge in [-0.3, -0.25) is 9.69 Å². The second-order valence-corrected chi connectivity index (χ2v) is 7.22. The highest BCUT2D eigenvalue weighted by Gasteiger charge is 2.13. The Morgan fingerprint density at radius 3 is 2.54 bits per heavy atom. The Bertz CT molecular complexity index is 729. The third-order valence-corrected chi connectivity index (χ3v) is 4.41. The topological polar surface area (TPSA) is 41.6 Å². The molecule has 2 aromatic rings. The van der Waals surface area contributed by atoms with E-state index in [2.05, 4.69) is 25.2 Å². The van der Waals surface area contributed by atoms with Crippen molar-refractivity contribution < 1.29 is 9.53 Å². The number of carbonyl (C=O) groups is 1. The Morgan fingerprint density at radius 2 is 1.88 bits per heavy atom. The lowest BCUT2D eigenvalue weighted by molar-refractivity contribution is -0.117. The van der Waals surface area contributed by atoms with Gasteiger partial charge in [0.05, 0.1) is 6.54 Å². The number of rotatable bonds is 8. The van der Waals surface area contributed by atoms with Crippen LogP contribution in [0, 0.1) is 6.92 Å². The molecular formula is C21H27ClN2O2. The van der Waals surface area contributed by atoms with Gasteiger partial charge in [-0.1, -0.05) is 43.6 Å². The Morgan fingerprint density at radius 1 is 1.19 bits per heavy atom. The van der Waals surface area contributed by atoms with Gasteiger partial charge in [0.15, 0.2) is 0 Å². The summed E-state index contributed by atoms with van der Waals surface area (Å²) in [6.45, 7) is 7.75. The highest BCUT2D eigenvalue weighted by Crippen LogP contribution is 2.27. The number of anilines is 1. The highest BCUT2D eigenvalue weighted by atomic mass is 35.5. The van der Waals surface area contributed by atoms with Gasteiger partial charge in [-0.2, -0.15) is 0 Å². The van der Waals surface area contributed by atoms with Crippen LogP contribution in [0.15, 0.2) is 42.5 Å². The number of nitrogens with zero attached hydrogens (tertiary/aromatic N) is 1. The fourth-order valence-electron chi connectivity index (χ4n) is 2.70. The molecule has 0 radical (unpaired) electrons. The molecule has 0 unspecified atom stereocenters. The molecular weight excluding hydrogens is 348 g/mol. The van der Waals surface area contributed by atoms with Crippen LogP contribution in [-0.2, 0) is 4.79 Å². The van der Waals surface area contributed by atoms with Crippen LogP contribution in [-0.4, -0.2) is 37.6 Å². The second kappa shape index (κ2) is 9.60. The summed E-state index contributed by atoms with van der Waals surface area (Å²) in [6.07, 6.45) is 0. The van der Waals surface area contributed by atoms with E-state index in [0.717, 1.165) is 22.6 Å². The SMILES string of the molecule is Cc1cccc(C(C)C)c1NC(=O)CN(C)CCOc1ccc(Cl)cc1. The van der Waals surface area contributed by atoms with Gasteiger partial charge in [0.25, 0.3) is 0 Å². The Labute approximate surface area is 161 Å². The molecule has 5 heteroatoms. The first-order chi connectivity index (χ1) is 12.4. The van der Waals surface area contributed by atoms with Crippen LogP contribution in [0.5, 0.6) is 5.75 Å². The average Bonchev–Trinajstić information content (AvgIpc) is 2.58. The fourth-order valence-corrected chi connectivity index (χ4v) is 2.82. The normalized spacial score (nSPS) is 11.0. The lowest BCUT2D eigenvalue weighted by Crippen LogP contribution is -2.33. The van der Waals surface area contributed by atoms with Crippen molar-refractivity contribution in [3.8, 4) is 5.75 Å². The molecule has 0 aliphatic carbocycles. The van der Waals surface area contributed by atoms with Crippen LogP contribution < -0.4 is 10.1 Å². The Kier molecular flexibility index (Phi) is 7.49. The fraction of sp³-hybridized carbons (Fsp3) is 0.381. The van der Waals surface area contributed by atoms with Crippen molar-refractivity contribution in [3.63, 3.8) is 0 Å². The first kappa shape index (κ1) is 20.3. The number of ether oxygens (including phenoxy) is 1. The first-order valence-corrected chi connectivity index (χ1v) is 9.21. The minimum absolute atomic E-state index is 0.0183. The maximum Gasteiger partial charge on any atom is 0.238 e. The van der Waals surface area contributed by atoms with E-state index in [4.69, 9.17) is 16.3 Å². The molecule has 2 rings (SSSR count). The summed E-state index contributed by atoms with van der Waals surface area (Å²) in [5, 5.41) is 3.75. The summed E-state index contributed by atoms with van der Waals surface area (Å²) in [5.74, 6) is 1.11. The van der Waals surface area contributed by atoms with E-state index in [-0.39, 0.29) is 5.91 Å². The van der Waals surface area contributed by atoms with Crippen molar-refractivity contribution in [3.05, 3.63) is 58.6 Å². The van der Waals surface area contributed by atoms with E-state index in [1.807, 2.05) is 43.1 Å². The van der Waals surface area contributed by atoms with Gasteiger partial charge in [0, 0.05) is 17.3 Å². The minimum Gasteiger partial charge on any atom is -0.492 e. The summed E-state index contributed by atoms with van der Waals surface area (Å²) in [6, 6.07) is 13.4. The summed E-state index contributed by atoms with van der Waals surface area (Å²) in [7, 11) is 1.91. The molecule has 0 aliphatic heterocycles. The lowest BCUT2D eigenvalue weighted by Gasteiger charge is -2.19. The molecule has 0 heterocycles. The van der Waals surface area contributed by atoms with Crippen molar-refractivity contribution in [2.45, 2.75) is 26.7 Å². The summed E-state index contributed by atoms with van der Waals surface area (Å²) < 4.78 is 5.67. The molecule has 2 aromatic carbocycles. The molecule has 1 N–H and O–H groups in total. The monoisotopic (exact) mass is 374 g/mol. The molecule has 4 nitrogen and oxygen atoms in total. The Balaban J connectivity index is 1.83. The number of carbonyl (C=O) groups excluding carboxylic acids is 1. The molecule has 0 aliphatic rings. The zero-order valence-corrected chi connectivity index (χ0v) is 16.6. The molecule has 0 saturated heterocycles. The predicted octanol–water partition coefficient (Wildman–Crippen LogP) is 4.72. The smallest absolute Gasteiger partial charge is 0.238 e. The van der Waals surface area contributed by atoms with E-state index >= 15 is 0 Å². The number of halogens is 1. The molecule has 26 heavy (non-hydrogen) atoms. The van der Waals surface area contributed by atoms with Crippen molar-refractivity contribution in [2.75, 3.05) is 32.1 Å². The standard InChI is InChI=1S/C21H27ClN2O2/c1-15(2)19-7-5-6-16(3)21(19)23-20(25)14-24(4)12-13-26-18-10-8-17(22)9-11-18/h5-11,15H,12-14H2,1-4H3,(H,23,25). The van der Waals surface area contributed by atoms with Crippen molar-refractivity contribution in [2.24, 2.45) is 0 Å². The van der Waals surface area contributed by atoms with Crippen molar-refractivity contribution in [1.82, 2.24) is 4.90 Å². The van der Waals surface area contributed by atoms with Crippen LogP contribution in [0.2, 0.25) is 5.02 Å². The van der Waals surface area contributed by atoms with Gasteiger partial charge in [-0.25, -0.2) is 0 Å². The third kappa shape index (κ3) is 6.04. The maximum atomic E-state index is 12.4. The first-order valence-electron chi connectivity index (χ1n) is 8.83. The highest BCUT2D eigenvalue weighted by molar-refractivity contribution is 6.30. The number of aryl methyl sites for hydroxylation is 1. The molecule has 0 saturated carbocycles. The number of nitrogens with one attached hydrogen (secondary N) is 1. The van der Waals surface area contributed by atoms with Crippen LogP contribution >= 0.6 is 11.6 Å². The zero-order chi connectivity index (χ0) is 19.1. The largest absolute Gasteiger partial charge is 0.492 e. The average molecular weight is 375 g/mol. The predicted molar refractivity (Wildman–Crippen MR) is 108 cm³/mol. The van der Waals surface area contributed by atoms with E-state index in [9.17, 15) is 4.79 Å². The third-order valence-electron chi connectivity index (χ3n) is 4.16. The maximum absolute atomic E-state index is 12.4. The molecule has 0 fully saturated rings.